The average molecular weight is 287 g/mol. The molecule has 3 rings (SSSR count). The quantitative estimate of drug-likeness (QED) is 0.634. The normalized spacial score (nSPS) is 16.9. The second-order valence-corrected chi connectivity index (χ2v) is 5.33. The van der Waals surface area contributed by atoms with E-state index in [4.69, 9.17) is 17.3 Å². The maximum absolute atomic E-state index is 11.0. The molecule has 0 spiro atoms. The molecule has 0 fully saturated rings. The van der Waals surface area contributed by atoms with Gasteiger partial charge < -0.3 is 5.11 Å². The topological polar surface area (TPSA) is 49.7 Å². The molecule has 3 nitrogen and oxygen atoms in total. The summed E-state index contributed by atoms with van der Waals surface area (Å²) in [5.41, 5.74) is 2.29. The molecule has 0 saturated carbocycles. The Kier molecular flexibility index (Phi) is 3.08. The van der Waals surface area contributed by atoms with E-state index in [2.05, 4.69) is 4.40 Å². The minimum atomic E-state index is -0.948. The molecule has 0 bridgehead atoms. The van der Waals surface area contributed by atoms with E-state index in [1.807, 2.05) is 17.6 Å². The number of aromatic carboxylic acids is 1. The Bertz CT molecular complexity index is 775. The van der Waals surface area contributed by atoms with Crippen molar-refractivity contribution in [3.63, 3.8) is 0 Å². The molecular formula is C14H9NO2S2. The molecule has 1 aliphatic heterocycles. The molecule has 1 aliphatic carbocycles. The van der Waals surface area contributed by atoms with Crippen molar-refractivity contribution in [3.05, 3.63) is 57.5 Å². The van der Waals surface area contributed by atoms with Crippen LogP contribution in [0.15, 0.2) is 45.7 Å². The Labute approximate surface area is 119 Å². The number of rotatable bonds is 1. The molecule has 0 amide bonds. The first kappa shape index (κ1) is 12.3. The fourth-order valence-electron chi connectivity index (χ4n) is 2.13. The first-order valence-corrected chi connectivity index (χ1v) is 6.93. The van der Waals surface area contributed by atoms with Crippen molar-refractivity contribution in [1.29, 1.82) is 0 Å². The van der Waals surface area contributed by atoms with Gasteiger partial charge in [-0.05, 0) is 17.7 Å². The summed E-state index contributed by atoms with van der Waals surface area (Å²) in [6.07, 6.45) is 4.81. The maximum atomic E-state index is 11.0. The smallest absolute Gasteiger partial charge is 0.335 e. The van der Waals surface area contributed by atoms with Crippen LogP contribution >= 0.6 is 24.2 Å². The third-order valence-electron chi connectivity index (χ3n) is 3.01. The molecule has 94 valence electrons. The van der Waals surface area contributed by atoms with Crippen LogP contribution in [-0.4, -0.2) is 15.9 Å². The van der Waals surface area contributed by atoms with Crippen molar-refractivity contribution in [2.24, 2.45) is 4.40 Å². The largest absolute Gasteiger partial charge is 0.478 e. The Morgan fingerprint density at radius 1 is 1.42 bits per heavy atom. The van der Waals surface area contributed by atoms with Crippen molar-refractivity contribution in [2.45, 2.75) is 6.42 Å². The van der Waals surface area contributed by atoms with Gasteiger partial charge in [0.1, 0.15) is 0 Å². The van der Waals surface area contributed by atoms with Crippen molar-refractivity contribution < 1.29 is 9.90 Å². The first-order chi connectivity index (χ1) is 9.16. The lowest BCUT2D eigenvalue weighted by Crippen LogP contribution is -2.30. The third kappa shape index (κ3) is 2.15. The molecular weight excluding hydrogens is 278 g/mol. The Hall–Kier alpha value is -1.72. The summed E-state index contributed by atoms with van der Waals surface area (Å²) >= 11 is 6.73. The summed E-state index contributed by atoms with van der Waals surface area (Å²) in [5.74, 6) is -0.948. The standard InChI is InChI=1S/C14H9NO2S2/c16-14(17)8-4-5-10-11(6-8)15-19-7-9-2-1-3-12(18)13(9)10/h1-2,4-7H,3H2,(H,16,17). The summed E-state index contributed by atoms with van der Waals surface area (Å²) in [7, 11) is 0. The summed E-state index contributed by atoms with van der Waals surface area (Å²) in [6.45, 7) is 0. The van der Waals surface area contributed by atoms with E-state index in [-0.39, 0.29) is 5.56 Å². The van der Waals surface area contributed by atoms with Gasteiger partial charge in [0.05, 0.1) is 10.9 Å². The Morgan fingerprint density at radius 2 is 2.26 bits per heavy atom. The van der Waals surface area contributed by atoms with Gasteiger partial charge in [-0.25, -0.2) is 9.19 Å². The van der Waals surface area contributed by atoms with Crippen LogP contribution in [0.5, 0.6) is 0 Å². The number of hydrogen-bond donors (Lipinski definition) is 1. The van der Waals surface area contributed by atoms with Crippen molar-refractivity contribution >= 4 is 40.6 Å². The van der Waals surface area contributed by atoms with Crippen LogP contribution < -0.4 is 10.6 Å². The molecule has 2 aliphatic rings. The minimum absolute atomic E-state index is 0.240. The van der Waals surface area contributed by atoms with Crippen LogP contribution in [0.3, 0.4) is 0 Å². The lowest BCUT2D eigenvalue weighted by molar-refractivity contribution is 0.0696. The maximum Gasteiger partial charge on any atom is 0.335 e. The number of carbonyl (C=O) groups is 1. The fraction of sp³-hybridized carbons (Fsp3) is 0.0714. The van der Waals surface area contributed by atoms with Crippen LogP contribution in [0.25, 0.3) is 5.57 Å². The predicted octanol–water partition coefficient (Wildman–Crippen LogP) is 2.03. The van der Waals surface area contributed by atoms with Crippen molar-refractivity contribution in [3.8, 4) is 0 Å². The summed E-state index contributed by atoms with van der Waals surface area (Å²) in [5, 5.41) is 12.6. The molecule has 1 N–H and O–H groups in total. The average Bonchev–Trinajstić information content (AvgIpc) is 2.57. The number of allylic oxidation sites excluding steroid dienone is 3. The van der Waals surface area contributed by atoms with Gasteiger partial charge in [-0.3, -0.25) is 0 Å². The second-order valence-electron chi connectivity index (χ2n) is 4.21. The highest BCUT2D eigenvalue weighted by atomic mass is 32.2. The number of carboxylic acids is 1. The van der Waals surface area contributed by atoms with Crippen molar-refractivity contribution in [1.82, 2.24) is 0 Å². The van der Waals surface area contributed by atoms with Gasteiger partial charge in [-0.1, -0.05) is 30.4 Å². The van der Waals surface area contributed by atoms with Gasteiger partial charge in [0.2, 0.25) is 0 Å². The van der Waals surface area contributed by atoms with Crippen LogP contribution in [0.4, 0.5) is 0 Å². The van der Waals surface area contributed by atoms with Gasteiger partial charge >= 0.3 is 5.97 Å². The van der Waals surface area contributed by atoms with E-state index in [1.165, 1.54) is 11.9 Å². The number of thiocarbonyl (C=S) groups is 1. The van der Waals surface area contributed by atoms with Gasteiger partial charge in [-0.15, -0.1) is 0 Å². The second kappa shape index (κ2) is 4.75. The molecule has 5 heteroatoms. The molecule has 1 aromatic carbocycles. The molecule has 0 atom stereocenters. The number of hydrogen-bond acceptors (Lipinski definition) is 4. The third-order valence-corrected chi connectivity index (χ3v) is 4.05. The summed E-state index contributed by atoms with van der Waals surface area (Å²) < 4.78 is 4.35. The van der Waals surface area contributed by atoms with E-state index in [1.54, 1.807) is 18.2 Å². The molecule has 19 heavy (non-hydrogen) atoms. The number of nitrogens with zero attached hydrogens (tertiary/aromatic N) is 1. The van der Waals surface area contributed by atoms with E-state index >= 15 is 0 Å². The zero-order valence-corrected chi connectivity index (χ0v) is 11.4. The van der Waals surface area contributed by atoms with E-state index in [9.17, 15) is 4.79 Å². The Morgan fingerprint density at radius 3 is 3.05 bits per heavy atom. The van der Waals surface area contributed by atoms with Gasteiger partial charge in [-0.2, -0.15) is 0 Å². The zero-order chi connectivity index (χ0) is 13.4. The SMILES string of the molecule is O=C(O)c1ccc2c(c1)=NSC=C1C=CCC(=S)C=21. The highest BCUT2D eigenvalue weighted by Gasteiger charge is 2.16. The molecule has 0 unspecified atom stereocenters. The highest BCUT2D eigenvalue weighted by molar-refractivity contribution is 8.00. The number of fused-ring (bicyclic) bond motifs is 2. The van der Waals surface area contributed by atoms with Crippen molar-refractivity contribution in [2.75, 3.05) is 0 Å². The van der Waals surface area contributed by atoms with Crippen LogP contribution in [0.2, 0.25) is 0 Å². The number of carboxylic acid groups (broad SMARTS) is 1. The number of benzene rings is 1. The lowest BCUT2D eigenvalue weighted by atomic mass is 9.93. The van der Waals surface area contributed by atoms with Gasteiger partial charge in [0, 0.05) is 39.4 Å². The fourth-order valence-corrected chi connectivity index (χ4v) is 3.09. The summed E-state index contributed by atoms with van der Waals surface area (Å²) in [4.78, 5) is 11.9. The van der Waals surface area contributed by atoms with Crippen LogP contribution in [0.1, 0.15) is 16.8 Å². The monoisotopic (exact) mass is 287 g/mol. The molecule has 0 radical (unpaired) electrons. The lowest BCUT2D eigenvalue weighted by Gasteiger charge is -2.13. The van der Waals surface area contributed by atoms with E-state index in [0.29, 0.717) is 5.36 Å². The Balaban J connectivity index is 2.37. The van der Waals surface area contributed by atoms with Gasteiger partial charge in [0.15, 0.2) is 0 Å². The first-order valence-electron chi connectivity index (χ1n) is 5.68. The van der Waals surface area contributed by atoms with Gasteiger partial charge in [0.25, 0.3) is 0 Å². The van der Waals surface area contributed by atoms with Crippen LogP contribution in [0, 0.1) is 0 Å². The predicted molar refractivity (Wildman–Crippen MR) is 79.6 cm³/mol. The summed E-state index contributed by atoms with van der Waals surface area (Å²) in [6, 6.07) is 4.98. The highest BCUT2D eigenvalue weighted by Crippen LogP contribution is 2.25. The molecule has 0 aromatic heterocycles. The molecule has 1 aromatic rings. The van der Waals surface area contributed by atoms with E-state index in [0.717, 1.165) is 27.7 Å². The minimum Gasteiger partial charge on any atom is -0.478 e. The zero-order valence-electron chi connectivity index (χ0n) is 9.79. The van der Waals surface area contributed by atoms with E-state index < -0.39 is 5.97 Å². The molecule has 1 heterocycles. The molecule has 0 saturated heterocycles. The van der Waals surface area contributed by atoms with Crippen LogP contribution in [-0.2, 0) is 0 Å².